The Kier molecular flexibility index (Phi) is 8.94. The maximum absolute atomic E-state index is 13.1. The zero-order valence-corrected chi connectivity index (χ0v) is 22.5. The second-order valence-corrected chi connectivity index (χ2v) is 12.0. The number of benzene rings is 1. The molecule has 1 spiro atoms. The highest BCUT2D eigenvalue weighted by molar-refractivity contribution is 5.76. The summed E-state index contributed by atoms with van der Waals surface area (Å²) < 4.78 is 11.7. The number of ether oxygens (including phenoxy) is 2. The Bertz CT molecular complexity index is 867. The summed E-state index contributed by atoms with van der Waals surface area (Å²) >= 11 is 0. The van der Waals surface area contributed by atoms with Gasteiger partial charge >= 0.3 is 6.09 Å². The van der Waals surface area contributed by atoms with E-state index in [1.165, 1.54) is 5.56 Å². The smallest absolute Gasteiger partial charge is 0.410 e. The molecule has 3 aliphatic heterocycles. The van der Waals surface area contributed by atoms with Gasteiger partial charge < -0.3 is 24.2 Å². The van der Waals surface area contributed by atoms with Crippen molar-refractivity contribution in [1.82, 2.24) is 14.7 Å². The van der Waals surface area contributed by atoms with Crippen LogP contribution in [0.2, 0.25) is 0 Å². The largest absolute Gasteiger partial charge is 0.444 e. The monoisotopic (exact) mass is 499 g/mol. The molecule has 0 aliphatic carbocycles. The van der Waals surface area contributed by atoms with E-state index in [-0.39, 0.29) is 23.5 Å². The van der Waals surface area contributed by atoms with Crippen molar-refractivity contribution in [2.24, 2.45) is 5.41 Å². The van der Waals surface area contributed by atoms with E-state index < -0.39 is 5.60 Å². The van der Waals surface area contributed by atoms with Crippen molar-refractivity contribution < 1.29 is 19.1 Å². The molecule has 36 heavy (non-hydrogen) atoms. The van der Waals surface area contributed by atoms with Gasteiger partial charge in [0.2, 0.25) is 5.91 Å². The Hall–Kier alpha value is -2.12. The standard InChI is InChI=1S/C29H45N3O4/c1-28(2,3)36-27(34)32-18-9-15-29(23-32)14-8-17-31(22-29)26(33)12-7-16-30-19-13-25(20-30)35-21-24-10-5-4-6-11-24/h4-6,10-11,25H,7-9,12-23H2,1-3H3/t25-,29?/m1/s1. The van der Waals surface area contributed by atoms with Crippen LogP contribution in [-0.4, -0.2) is 84.2 Å². The Balaban J connectivity index is 1.18. The van der Waals surface area contributed by atoms with Gasteiger partial charge in [-0.05, 0) is 71.4 Å². The molecular weight excluding hydrogens is 454 g/mol. The van der Waals surface area contributed by atoms with Gasteiger partial charge in [0.05, 0.1) is 12.7 Å². The first-order chi connectivity index (χ1) is 17.2. The fourth-order valence-electron chi connectivity index (χ4n) is 5.98. The fourth-order valence-corrected chi connectivity index (χ4v) is 5.98. The summed E-state index contributed by atoms with van der Waals surface area (Å²) in [5.74, 6) is 0.263. The number of rotatable bonds is 7. The number of hydrogen-bond donors (Lipinski definition) is 0. The summed E-state index contributed by atoms with van der Waals surface area (Å²) in [5, 5.41) is 0. The molecule has 3 saturated heterocycles. The first kappa shape index (κ1) is 26.9. The minimum atomic E-state index is -0.486. The highest BCUT2D eigenvalue weighted by Crippen LogP contribution is 2.39. The van der Waals surface area contributed by atoms with Crippen LogP contribution in [0.3, 0.4) is 0 Å². The molecular formula is C29H45N3O4. The summed E-state index contributed by atoms with van der Waals surface area (Å²) in [5.41, 5.74) is 0.745. The van der Waals surface area contributed by atoms with Crippen molar-refractivity contribution in [3.05, 3.63) is 35.9 Å². The molecule has 1 aromatic carbocycles. The average molecular weight is 500 g/mol. The first-order valence-electron chi connectivity index (χ1n) is 13.9. The van der Waals surface area contributed by atoms with E-state index in [1.807, 2.05) is 43.9 Å². The molecule has 0 N–H and O–H groups in total. The van der Waals surface area contributed by atoms with Crippen LogP contribution >= 0.6 is 0 Å². The summed E-state index contributed by atoms with van der Waals surface area (Å²) in [4.78, 5) is 32.1. The molecule has 3 fully saturated rings. The minimum absolute atomic E-state index is 0.0152. The van der Waals surface area contributed by atoms with E-state index >= 15 is 0 Å². The van der Waals surface area contributed by atoms with Crippen LogP contribution in [-0.2, 0) is 20.9 Å². The molecule has 0 aromatic heterocycles. The van der Waals surface area contributed by atoms with Gasteiger partial charge in [0.1, 0.15) is 5.60 Å². The Morgan fingerprint density at radius 1 is 1.00 bits per heavy atom. The maximum Gasteiger partial charge on any atom is 0.410 e. The van der Waals surface area contributed by atoms with Crippen molar-refractivity contribution >= 4 is 12.0 Å². The molecule has 1 aromatic rings. The number of hydrogen-bond acceptors (Lipinski definition) is 5. The van der Waals surface area contributed by atoms with Crippen LogP contribution in [0.5, 0.6) is 0 Å². The molecule has 3 heterocycles. The third-order valence-electron chi connectivity index (χ3n) is 7.75. The quantitative estimate of drug-likeness (QED) is 0.544. The van der Waals surface area contributed by atoms with Gasteiger partial charge in [0.15, 0.2) is 0 Å². The van der Waals surface area contributed by atoms with Crippen LogP contribution in [0.15, 0.2) is 30.3 Å². The molecule has 1 unspecified atom stereocenters. The van der Waals surface area contributed by atoms with Crippen LogP contribution in [0.25, 0.3) is 0 Å². The van der Waals surface area contributed by atoms with Crippen molar-refractivity contribution in [1.29, 1.82) is 0 Å². The summed E-state index contributed by atoms with van der Waals surface area (Å²) in [6.45, 7) is 12.4. The van der Waals surface area contributed by atoms with Gasteiger partial charge in [-0.25, -0.2) is 4.79 Å². The number of nitrogens with zero attached hydrogens (tertiary/aromatic N) is 3. The predicted molar refractivity (Wildman–Crippen MR) is 141 cm³/mol. The highest BCUT2D eigenvalue weighted by atomic mass is 16.6. The van der Waals surface area contributed by atoms with Crippen LogP contribution in [0.4, 0.5) is 4.79 Å². The Morgan fingerprint density at radius 3 is 2.42 bits per heavy atom. The van der Waals surface area contributed by atoms with Crippen molar-refractivity contribution in [2.75, 3.05) is 45.8 Å². The highest BCUT2D eigenvalue weighted by Gasteiger charge is 2.42. The van der Waals surface area contributed by atoms with E-state index in [0.717, 1.165) is 77.8 Å². The number of carbonyl (C=O) groups excluding carboxylic acids is 2. The zero-order chi connectivity index (χ0) is 25.6. The molecule has 0 saturated carbocycles. The van der Waals surface area contributed by atoms with Gasteiger partial charge in [-0.3, -0.25) is 4.79 Å². The summed E-state index contributed by atoms with van der Waals surface area (Å²) in [7, 11) is 0. The molecule has 7 nitrogen and oxygen atoms in total. The van der Waals surface area contributed by atoms with Gasteiger partial charge in [-0.15, -0.1) is 0 Å². The third kappa shape index (κ3) is 7.69. The lowest BCUT2D eigenvalue weighted by Crippen LogP contribution is -2.55. The molecule has 2 amide bonds. The minimum Gasteiger partial charge on any atom is -0.444 e. The molecule has 0 bridgehead atoms. The number of carbonyl (C=O) groups is 2. The van der Waals surface area contributed by atoms with E-state index in [2.05, 4.69) is 21.9 Å². The Labute approximate surface area is 217 Å². The zero-order valence-electron chi connectivity index (χ0n) is 22.5. The third-order valence-corrected chi connectivity index (χ3v) is 7.75. The van der Waals surface area contributed by atoms with E-state index in [4.69, 9.17) is 9.47 Å². The first-order valence-corrected chi connectivity index (χ1v) is 13.9. The van der Waals surface area contributed by atoms with E-state index in [1.54, 1.807) is 0 Å². The van der Waals surface area contributed by atoms with Gasteiger partial charge in [-0.2, -0.15) is 0 Å². The van der Waals surface area contributed by atoms with Crippen molar-refractivity contribution in [3.63, 3.8) is 0 Å². The van der Waals surface area contributed by atoms with Crippen LogP contribution in [0.1, 0.15) is 71.3 Å². The number of amides is 2. The maximum atomic E-state index is 13.1. The fraction of sp³-hybridized carbons (Fsp3) is 0.724. The summed E-state index contributed by atoms with van der Waals surface area (Å²) in [6.07, 6.45) is 6.75. The topological polar surface area (TPSA) is 62.3 Å². The van der Waals surface area contributed by atoms with Crippen LogP contribution < -0.4 is 0 Å². The van der Waals surface area contributed by atoms with Gasteiger partial charge in [0, 0.05) is 51.1 Å². The predicted octanol–water partition coefficient (Wildman–Crippen LogP) is 4.70. The van der Waals surface area contributed by atoms with Crippen molar-refractivity contribution in [3.8, 4) is 0 Å². The second kappa shape index (κ2) is 12.0. The van der Waals surface area contributed by atoms with Crippen molar-refractivity contribution in [2.45, 2.75) is 84.0 Å². The summed E-state index contributed by atoms with van der Waals surface area (Å²) in [6, 6.07) is 10.3. The van der Waals surface area contributed by atoms with E-state index in [9.17, 15) is 9.59 Å². The number of piperidine rings is 2. The Morgan fingerprint density at radius 2 is 1.69 bits per heavy atom. The normalized spacial score (nSPS) is 25.4. The van der Waals surface area contributed by atoms with Gasteiger partial charge in [-0.1, -0.05) is 30.3 Å². The lowest BCUT2D eigenvalue weighted by Gasteiger charge is -2.48. The lowest BCUT2D eigenvalue weighted by molar-refractivity contribution is -0.136. The molecule has 200 valence electrons. The molecule has 2 atom stereocenters. The lowest BCUT2D eigenvalue weighted by atomic mass is 9.73. The average Bonchev–Trinajstić information content (AvgIpc) is 3.30. The number of likely N-dealkylation sites (tertiary alicyclic amines) is 3. The van der Waals surface area contributed by atoms with E-state index in [0.29, 0.717) is 19.6 Å². The molecule has 4 rings (SSSR count). The molecule has 0 radical (unpaired) electrons. The molecule has 7 heteroatoms. The second-order valence-electron chi connectivity index (χ2n) is 12.0. The van der Waals surface area contributed by atoms with Gasteiger partial charge in [0.25, 0.3) is 0 Å². The van der Waals surface area contributed by atoms with Crippen LogP contribution in [0, 0.1) is 5.41 Å². The SMILES string of the molecule is CC(C)(C)OC(=O)N1CCCC2(CCCN(C(=O)CCCN3CC[C@@H](OCc4ccccc4)C3)C2)C1. The molecule has 3 aliphatic rings.